The molecule has 1 N–H and O–H groups in total. The van der Waals surface area contributed by atoms with Gasteiger partial charge in [-0.1, -0.05) is 24.0 Å². The van der Waals surface area contributed by atoms with E-state index in [2.05, 4.69) is 0 Å². The second kappa shape index (κ2) is 5.83. The summed E-state index contributed by atoms with van der Waals surface area (Å²) in [5, 5.41) is 0. The number of carbonyl (C=O) groups excluding carboxylic acids is 1. The van der Waals surface area contributed by atoms with Crippen LogP contribution in [0.5, 0.6) is 0 Å². The van der Waals surface area contributed by atoms with E-state index in [4.69, 9.17) is 9.29 Å². The van der Waals surface area contributed by atoms with Gasteiger partial charge in [-0.05, 0) is 12.1 Å². The molecule has 0 aliphatic carbocycles. The zero-order chi connectivity index (χ0) is 12.9. The summed E-state index contributed by atoms with van der Waals surface area (Å²) in [6.07, 6.45) is 0.873. The summed E-state index contributed by atoms with van der Waals surface area (Å²) in [5.74, 6) is -1.19. The van der Waals surface area contributed by atoms with Crippen LogP contribution in [0, 0.1) is 0 Å². The first kappa shape index (κ1) is 13.7. The van der Waals surface area contributed by atoms with Crippen molar-refractivity contribution in [3.05, 3.63) is 35.4 Å². The van der Waals surface area contributed by atoms with Crippen LogP contribution >= 0.6 is 0 Å². The molecule has 0 atom stereocenters. The first-order valence-corrected chi connectivity index (χ1v) is 6.74. The van der Waals surface area contributed by atoms with E-state index in [1.54, 1.807) is 24.3 Å². The number of benzene rings is 1. The molecule has 1 rings (SSSR count). The molecule has 0 amide bonds. The molecular weight excluding hydrogens is 243 g/mol. The van der Waals surface area contributed by atoms with Crippen molar-refractivity contribution < 1.29 is 22.5 Å². The molecule has 0 fully saturated rings. The molecule has 5 nitrogen and oxygen atoms in total. The highest BCUT2D eigenvalue weighted by Crippen LogP contribution is 2.05. The Hall–Kier alpha value is -1.34. The standard InChI is InChI=1S/C10H13BO5S/c11-7-8-1-3-9(4-2-8)10(12)16-5-6-17(13,14)15/h1-4H,5-7,11H2,(H,13,14,15). The SMILES string of the molecule is BCc1ccc(C(=O)OCCS(=O)(=O)O)cc1. The first-order valence-electron chi connectivity index (χ1n) is 5.13. The van der Waals surface area contributed by atoms with Gasteiger partial charge in [0, 0.05) is 0 Å². The van der Waals surface area contributed by atoms with Gasteiger partial charge in [0.15, 0.2) is 0 Å². The van der Waals surface area contributed by atoms with E-state index in [-0.39, 0.29) is 6.61 Å². The highest BCUT2D eigenvalue weighted by atomic mass is 32.2. The number of ether oxygens (including phenoxy) is 1. The van der Waals surface area contributed by atoms with Gasteiger partial charge < -0.3 is 4.74 Å². The Labute approximate surface area is 101 Å². The maximum Gasteiger partial charge on any atom is 0.338 e. The summed E-state index contributed by atoms with van der Waals surface area (Å²) in [5.41, 5.74) is 1.46. The van der Waals surface area contributed by atoms with E-state index in [0.717, 1.165) is 11.9 Å². The largest absolute Gasteiger partial charge is 0.461 e. The van der Waals surface area contributed by atoms with Crippen molar-refractivity contribution in [3.8, 4) is 0 Å². The van der Waals surface area contributed by atoms with Crippen LogP contribution in [0.25, 0.3) is 0 Å². The van der Waals surface area contributed by atoms with Crippen molar-refractivity contribution in [2.24, 2.45) is 0 Å². The van der Waals surface area contributed by atoms with E-state index in [0.29, 0.717) is 5.56 Å². The predicted molar refractivity (Wildman–Crippen MR) is 65.4 cm³/mol. The minimum absolute atomic E-state index is 0.354. The van der Waals surface area contributed by atoms with Crippen LogP contribution in [0.2, 0.25) is 0 Å². The molecule has 1 aromatic rings. The summed E-state index contributed by atoms with van der Waals surface area (Å²) < 4.78 is 33.9. The van der Waals surface area contributed by atoms with E-state index < -0.39 is 21.8 Å². The van der Waals surface area contributed by atoms with Crippen LogP contribution in [0.1, 0.15) is 15.9 Å². The second-order valence-electron chi connectivity index (χ2n) is 3.47. The van der Waals surface area contributed by atoms with Gasteiger partial charge in [0.05, 0.1) is 5.56 Å². The molecule has 0 bridgehead atoms. The number of carbonyl (C=O) groups is 1. The van der Waals surface area contributed by atoms with Gasteiger partial charge in [-0.3, -0.25) is 4.55 Å². The average molecular weight is 256 g/mol. The van der Waals surface area contributed by atoms with Crippen LogP contribution in [0.3, 0.4) is 0 Å². The Morgan fingerprint density at radius 3 is 2.35 bits per heavy atom. The summed E-state index contributed by atoms with van der Waals surface area (Å²) in [4.78, 5) is 11.4. The Morgan fingerprint density at radius 1 is 1.29 bits per heavy atom. The molecule has 0 heterocycles. The van der Waals surface area contributed by atoms with Crippen molar-refractivity contribution in [1.82, 2.24) is 0 Å². The normalized spacial score (nSPS) is 11.1. The van der Waals surface area contributed by atoms with E-state index in [1.165, 1.54) is 0 Å². The third-order valence-electron chi connectivity index (χ3n) is 2.17. The lowest BCUT2D eigenvalue weighted by Crippen LogP contribution is -2.14. The fourth-order valence-corrected chi connectivity index (χ4v) is 1.49. The van der Waals surface area contributed by atoms with Gasteiger partial charge in [0.25, 0.3) is 10.1 Å². The van der Waals surface area contributed by atoms with Gasteiger partial charge in [-0.25, -0.2) is 4.79 Å². The van der Waals surface area contributed by atoms with Crippen LogP contribution in [-0.4, -0.2) is 39.1 Å². The molecular formula is C10H13BO5S. The maximum absolute atomic E-state index is 11.4. The van der Waals surface area contributed by atoms with Gasteiger partial charge in [0.2, 0.25) is 0 Å². The van der Waals surface area contributed by atoms with Crippen LogP contribution in [0.4, 0.5) is 0 Å². The van der Waals surface area contributed by atoms with E-state index >= 15 is 0 Å². The molecule has 0 saturated heterocycles. The van der Waals surface area contributed by atoms with Crippen molar-refractivity contribution >= 4 is 23.9 Å². The Kier molecular flexibility index (Phi) is 4.71. The molecule has 0 aromatic heterocycles. The summed E-state index contributed by atoms with van der Waals surface area (Å²) in [7, 11) is -2.09. The van der Waals surface area contributed by atoms with Crippen LogP contribution in [-0.2, 0) is 21.2 Å². The second-order valence-corrected chi connectivity index (χ2v) is 5.04. The van der Waals surface area contributed by atoms with Gasteiger partial charge >= 0.3 is 5.97 Å². The van der Waals surface area contributed by atoms with Crippen molar-refractivity contribution in [2.45, 2.75) is 6.32 Å². The molecule has 1 aromatic carbocycles. The summed E-state index contributed by atoms with van der Waals surface area (Å²) >= 11 is 0. The molecule has 7 heteroatoms. The topological polar surface area (TPSA) is 80.7 Å². The van der Waals surface area contributed by atoms with Crippen LogP contribution < -0.4 is 0 Å². The molecule has 17 heavy (non-hydrogen) atoms. The molecule has 0 unspecified atom stereocenters. The first-order chi connectivity index (χ1) is 7.92. The quantitative estimate of drug-likeness (QED) is 0.450. The molecule has 92 valence electrons. The van der Waals surface area contributed by atoms with Crippen molar-refractivity contribution in [1.29, 1.82) is 0 Å². The van der Waals surface area contributed by atoms with E-state index in [9.17, 15) is 13.2 Å². The lowest BCUT2D eigenvalue weighted by atomic mass is 9.96. The lowest BCUT2D eigenvalue weighted by Gasteiger charge is -2.04. The van der Waals surface area contributed by atoms with Gasteiger partial charge in [0.1, 0.15) is 20.2 Å². The summed E-state index contributed by atoms with van der Waals surface area (Å²) in [6, 6.07) is 6.85. The monoisotopic (exact) mass is 256 g/mol. The zero-order valence-corrected chi connectivity index (χ0v) is 10.2. The number of rotatable bonds is 5. The Balaban J connectivity index is 2.52. The number of hydrogen-bond acceptors (Lipinski definition) is 4. The third-order valence-corrected chi connectivity index (χ3v) is 2.85. The van der Waals surface area contributed by atoms with Crippen molar-refractivity contribution in [2.75, 3.05) is 12.4 Å². The van der Waals surface area contributed by atoms with Gasteiger partial charge in [-0.15, -0.1) is 0 Å². The minimum atomic E-state index is -4.09. The molecule has 0 spiro atoms. The fraction of sp³-hybridized carbons (Fsp3) is 0.300. The Bertz CT molecular complexity index is 480. The fourth-order valence-electron chi connectivity index (χ4n) is 1.20. The smallest absolute Gasteiger partial charge is 0.338 e. The lowest BCUT2D eigenvalue weighted by molar-refractivity contribution is 0.0528. The minimum Gasteiger partial charge on any atom is -0.461 e. The highest BCUT2D eigenvalue weighted by molar-refractivity contribution is 7.85. The average Bonchev–Trinajstić information content (AvgIpc) is 2.27. The highest BCUT2D eigenvalue weighted by Gasteiger charge is 2.09. The molecule has 0 aliphatic heterocycles. The number of esters is 1. The van der Waals surface area contributed by atoms with Crippen molar-refractivity contribution in [3.63, 3.8) is 0 Å². The zero-order valence-electron chi connectivity index (χ0n) is 9.42. The van der Waals surface area contributed by atoms with Crippen LogP contribution in [0.15, 0.2) is 24.3 Å². The Morgan fingerprint density at radius 2 is 1.88 bits per heavy atom. The summed E-state index contributed by atoms with van der Waals surface area (Å²) in [6.45, 7) is -0.354. The molecule has 0 radical (unpaired) electrons. The maximum atomic E-state index is 11.4. The van der Waals surface area contributed by atoms with E-state index in [1.807, 2.05) is 7.85 Å². The molecule has 0 aliphatic rings. The third kappa shape index (κ3) is 5.01. The molecule has 0 saturated carbocycles. The van der Waals surface area contributed by atoms with Gasteiger partial charge in [-0.2, -0.15) is 8.42 Å². The number of hydrogen-bond donors (Lipinski definition) is 1. The predicted octanol–water partition coefficient (Wildman–Crippen LogP) is -0.136.